The van der Waals surface area contributed by atoms with E-state index in [1.807, 2.05) is 6.92 Å². The number of benzene rings is 2. The SMILES string of the molecule is CCCC(NC(=O)Cc1cc(F)cc(F)c1)C(=O)Nc1ccc(C(C)=CC(C)=O)cn1.CCCC(NC(=O)Cc1cc(F)cc(F)c1)C(=O)O. The molecule has 0 saturated carbocycles. The topological polar surface area (TPSA) is 155 Å². The van der Waals surface area contributed by atoms with Crippen LogP contribution in [0.5, 0.6) is 0 Å². The molecule has 2 unspecified atom stereocenters. The van der Waals surface area contributed by atoms with Gasteiger partial charge in [0.2, 0.25) is 17.7 Å². The summed E-state index contributed by atoms with van der Waals surface area (Å²) in [6, 6.07) is 7.19. The molecule has 10 nitrogen and oxygen atoms in total. The average molecular weight is 701 g/mol. The second-order valence-corrected chi connectivity index (χ2v) is 11.4. The smallest absolute Gasteiger partial charge is 0.326 e. The van der Waals surface area contributed by atoms with E-state index in [0.29, 0.717) is 37.6 Å². The molecule has 0 fully saturated rings. The summed E-state index contributed by atoms with van der Waals surface area (Å²) in [6.07, 6.45) is 4.44. The number of ketones is 1. The van der Waals surface area contributed by atoms with Crippen molar-refractivity contribution < 1.29 is 46.6 Å². The Balaban J connectivity index is 0.000000391. The number of nitrogens with zero attached hydrogens (tertiary/aromatic N) is 1. The molecular weight excluding hydrogens is 660 g/mol. The van der Waals surface area contributed by atoms with Crippen molar-refractivity contribution in [2.45, 2.75) is 78.3 Å². The molecule has 0 radical (unpaired) electrons. The lowest BCUT2D eigenvalue weighted by Gasteiger charge is -2.18. The number of aromatic nitrogens is 1. The number of carboxylic acids is 1. The maximum absolute atomic E-state index is 13.3. The van der Waals surface area contributed by atoms with Crippen LogP contribution in [0.15, 0.2) is 60.8 Å². The van der Waals surface area contributed by atoms with Crippen LogP contribution in [0.2, 0.25) is 0 Å². The quantitative estimate of drug-likeness (QED) is 0.117. The molecule has 1 aromatic heterocycles. The number of carbonyl (C=O) groups excluding carboxylic acids is 4. The first-order chi connectivity index (χ1) is 23.6. The van der Waals surface area contributed by atoms with Gasteiger partial charge in [0.05, 0.1) is 12.8 Å². The predicted octanol–water partition coefficient (Wildman–Crippen LogP) is 5.70. The molecule has 3 aromatic rings. The molecule has 0 aliphatic carbocycles. The Morgan fingerprint density at radius 2 is 1.20 bits per heavy atom. The molecule has 0 spiro atoms. The lowest BCUT2D eigenvalue weighted by Crippen LogP contribution is -2.44. The predicted molar refractivity (Wildman–Crippen MR) is 179 cm³/mol. The van der Waals surface area contributed by atoms with Crippen molar-refractivity contribution in [1.29, 1.82) is 0 Å². The Morgan fingerprint density at radius 3 is 1.60 bits per heavy atom. The molecule has 2 atom stereocenters. The van der Waals surface area contributed by atoms with Gasteiger partial charge in [0.25, 0.3) is 0 Å². The highest BCUT2D eigenvalue weighted by atomic mass is 19.1. The Hall–Kier alpha value is -5.40. The van der Waals surface area contributed by atoms with Crippen molar-refractivity contribution in [1.82, 2.24) is 15.6 Å². The van der Waals surface area contributed by atoms with Gasteiger partial charge in [-0.2, -0.15) is 0 Å². The number of hydrogen-bond donors (Lipinski definition) is 4. The minimum Gasteiger partial charge on any atom is -0.480 e. The zero-order chi connectivity index (χ0) is 37.4. The van der Waals surface area contributed by atoms with Crippen molar-refractivity contribution in [3.8, 4) is 0 Å². The Morgan fingerprint density at radius 1 is 0.740 bits per heavy atom. The number of nitrogens with one attached hydrogen (secondary N) is 3. The minimum absolute atomic E-state index is 0.0750. The van der Waals surface area contributed by atoms with Crippen LogP contribution in [0.3, 0.4) is 0 Å². The summed E-state index contributed by atoms with van der Waals surface area (Å²) in [7, 11) is 0. The number of hydrogen-bond acceptors (Lipinski definition) is 6. The fourth-order valence-corrected chi connectivity index (χ4v) is 4.69. The molecule has 4 N–H and O–H groups in total. The number of pyridine rings is 1. The van der Waals surface area contributed by atoms with Crippen molar-refractivity contribution >= 4 is 40.9 Å². The number of aliphatic carboxylic acids is 1. The van der Waals surface area contributed by atoms with Gasteiger partial charge in [0.1, 0.15) is 41.2 Å². The number of rotatable bonds is 15. The van der Waals surface area contributed by atoms with Crippen LogP contribution in [0.4, 0.5) is 23.4 Å². The zero-order valence-electron chi connectivity index (χ0n) is 28.1. The van der Waals surface area contributed by atoms with Crippen LogP contribution < -0.4 is 16.0 Å². The fraction of sp³-hybridized carbons (Fsp3) is 0.333. The highest BCUT2D eigenvalue weighted by Crippen LogP contribution is 2.15. The first-order valence-corrected chi connectivity index (χ1v) is 15.8. The van der Waals surface area contributed by atoms with Crippen LogP contribution in [0.1, 0.15) is 70.1 Å². The first kappa shape index (κ1) is 40.8. The normalized spacial score (nSPS) is 12.1. The number of halogens is 4. The summed E-state index contributed by atoms with van der Waals surface area (Å²) >= 11 is 0. The molecule has 2 aromatic carbocycles. The standard InChI is InChI=1S/C23H25F2N3O3.C13H15F2NO3/c1-4-5-20(27-22(30)11-16-9-18(24)12-19(25)10-16)23(31)28-21-7-6-17(13-26-21)14(2)8-15(3)29;1-2-3-11(13(18)19)16-12(17)6-8-4-9(14)7-10(15)5-8/h6-10,12-13,20H,4-5,11H2,1-3H3,(H,27,30)(H,26,28,31);4-5,7,11H,2-3,6H2,1H3,(H,16,17)(H,18,19). The van der Waals surface area contributed by atoms with Crippen LogP contribution in [-0.2, 0) is 36.8 Å². The molecule has 0 aliphatic heterocycles. The van der Waals surface area contributed by atoms with Crippen LogP contribution in [0.25, 0.3) is 5.57 Å². The fourth-order valence-electron chi connectivity index (χ4n) is 4.69. The first-order valence-electron chi connectivity index (χ1n) is 15.8. The van der Waals surface area contributed by atoms with Gasteiger partial charge in [-0.15, -0.1) is 0 Å². The van der Waals surface area contributed by atoms with Crippen LogP contribution in [-0.4, -0.2) is 51.6 Å². The Labute approximate surface area is 287 Å². The van der Waals surface area contributed by atoms with Crippen molar-refractivity contribution in [3.63, 3.8) is 0 Å². The van der Waals surface area contributed by atoms with E-state index in [9.17, 15) is 41.5 Å². The Kier molecular flexibility index (Phi) is 16.5. The zero-order valence-corrected chi connectivity index (χ0v) is 28.1. The van der Waals surface area contributed by atoms with E-state index in [1.165, 1.54) is 19.2 Å². The third-order valence-electron chi connectivity index (χ3n) is 6.90. The van der Waals surface area contributed by atoms with E-state index in [1.54, 1.807) is 26.0 Å². The van der Waals surface area contributed by atoms with Crippen LogP contribution in [0, 0.1) is 23.3 Å². The third kappa shape index (κ3) is 14.8. The summed E-state index contributed by atoms with van der Waals surface area (Å²) in [5.74, 6) is -5.53. The van der Waals surface area contributed by atoms with Crippen molar-refractivity contribution in [2.24, 2.45) is 0 Å². The average Bonchev–Trinajstić information content (AvgIpc) is 3.00. The molecule has 1 heterocycles. The summed E-state index contributed by atoms with van der Waals surface area (Å²) in [4.78, 5) is 62.7. The summed E-state index contributed by atoms with van der Waals surface area (Å²) in [5, 5.41) is 16.5. The van der Waals surface area contributed by atoms with Gasteiger partial charge in [-0.25, -0.2) is 27.3 Å². The molecule has 3 amide bonds. The summed E-state index contributed by atoms with van der Waals surface area (Å²) in [6.45, 7) is 6.90. The van der Waals surface area contributed by atoms with Gasteiger partial charge in [-0.05, 0) is 91.4 Å². The molecule has 50 heavy (non-hydrogen) atoms. The summed E-state index contributed by atoms with van der Waals surface area (Å²) in [5.41, 5.74) is 1.84. The molecule has 0 saturated heterocycles. The number of amides is 3. The maximum atomic E-state index is 13.3. The highest BCUT2D eigenvalue weighted by Gasteiger charge is 2.21. The van der Waals surface area contributed by atoms with Gasteiger partial charge in [-0.3, -0.25) is 19.2 Å². The number of carboxylic acid groups (broad SMARTS) is 1. The largest absolute Gasteiger partial charge is 0.480 e. The number of allylic oxidation sites excluding steroid dienone is 2. The van der Waals surface area contributed by atoms with Gasteiger partial charge in [0.15, 0.2) is 5.78 Å². The lowest BCUT2D eigenvalue weighted by atomic mass is 10.1. The van der Waals surface area contributed by atoms with Gasteiger partial charge in [0, 0.05) is 18.3 Å². The second kappa shape index (κ2) is 20.2. The highest BCUT2D eigenvalue weighted by molar-refractivity contribution is 5.97. The van der Waals surface area contributed by atoms with Gasteiger partial charge >= 0.3 is 5.97 Å². The van der Waals surface area contributed by atoms with Gasteiger partial charge < -0.3 is 21.1 Å². The lowest BCUT2D eigenvalue weighted by molar-refractivity contribution is -0.142. The maximum Gasteiger partial charge on any atom is 0.326 e. The van der Waals surface area contributed by atoms with E-state index in [4.69, 9.17) is 5.11 Å². The number of anilines is 1. The van der Waals surface area contributed by atoms with Crippen molar-refractivity contribution in [3.05, 3.63) is 101 Å². The van der Waals surface area contributed by atoms with Crippen LogP contribution >= 0.6 is 0 Å². The third-order valence-corrected chi connectivity index (χ3v) is 6.90. The molecule has 14 heteroatoms. The summed E-state index contributed by atoms with van der Waals surface area (Å²) < 4.78 is 52.5. The Bertz CT molecular complexity index is 1660. The van der Waals surface area contributed by atoms with E-state index in [0.717, 1.165) is 41.5 Å². The molecule has 0 bridgehead atoms. The molecule has 268 valence electrons. The molecular formula is C36H40F4N4O6. The van der Waals surface area contributed by atoms with E-state index < -0.39 is 59.0 Å². The van der Waals surface area contributed by atoms with Gasteiger partial charge in [-0.1, -0.05) is 26.7 Å². The number of carbonyl (C=O) groups is 5. The minimum atomic E-state index is -1.12. The molecule has 0 aliphatic rings. The van der Waals surface area contributed by atoms with E-state index >= 15 is 0 Å². The second-order valence-electron chi connectivity index (χ2n) is 11.4. The molecule has 3 rings (SSSR count). The monoisotopic (exact) mass is 700 g/mol. The van der Waals surface area contributed by atoms with Crippen molar-refractivity contribution in [2.75, 3.05) is 5.32 Å². The van der Waals surface area contributed by atoms with E-state index in [-0.39, 0.29) is 29.8 Å². The van der Waals surface area contributed by atoms with E-state index in [2.05, 4.69) is 20.9 Å².